The van der Waals surface area contributed by atoms with Gasteiger partial charge < -0.3 is 25.2 Å². The fourth-order valence-corrected chi connectivity index (χ4v) is 3.82. The van der Waals surface area contributed by atoms with E-state index in [4.69, 9.17) is 9.47 Å². The van der Waals surface area contributed by atoms with Gasteiger partial charge in [-0.05, 0) is 41.2 Å². The highest BCUT2D eigenvalue weighted by Crippen LogP contribution is 2.17. The molecule has 0 unspecified atom stereocenters. The van der Waals surface area contributed by atoms with Crippen LogP contribution in [0.4, 0.5) is 4.79 Å². The molecular formula is C30H34N2O6. The molecule has 0 aliphatic heterocycles. The number of rotatable bonds is 13. The Bertz CT molecular complexity index is 1180. The summed E-state index contributed by atoms with van der Waals surface area (Å²) in [6.07, 6.45) is -0.373. The number of carboxylic acid groups (broad SMARTS) is 1. The minimum absolute atomic E-state index is 0.0520. The van der Waals surface area contributed by atoms with Crippen molar-refractivity contribution < 1.29 is 29.0 Å². The first-order valence-electron chi connectivity index (χ1n) is 12.6. The van der Waals surface area contributed by atoms with E-state index >= 15 is 0 Å². The number of nitrogens with one attached hydrogen (secondary N) is 2. The predicted octanol–water partition coefficient (Wildman–Crippen LogP) is 4.72. The third-order valence-electron chi connectivity index (χ3n) is 5.73. The summed E-state index contributed by atoms with van der Waals surface area (Å²) in [5.74, 6) is -1.09. The Balaban J connectivity index is 1.60. The average molecular weight is 519 g/mol. The summed E-state index contributed by atoms with van der Waals surface area (Å²) in [6.45, 7) is 4.26. The molecule has 2 atom stereocenters. The SMILES string of the molecule is CC(C)C[C@H](NC(=O)OCc1ccccc1)C(=O)N[C@H](Cc1cccc(OCc2ccccc2)c1)C(=O)O. The lowest BCUT2D eigenvalue weighted by Crippen LogP contribution is -2.52. The van der Waals surface area contributed by atoms with Gasteiger partial charge in [-0.3, -0.25) is 4.79 Å². The van der Waals surface area contributed by atoms with Crippen molar-refractivity contribution >= 4 is 18.0 Å². The molecule has 3 aromatic carbocycles. The number of hydrogen-bond acceptors (Lipinski definition) is 5. The Morgan fingerprint density at radius 3 is 1.97 bits per heavy atom. The van der Waals surface area contributed by atoms with Gasteiger partial charge in [-0.2, -0.15) is 0 Å². The molecule has 0 aliphatic rings. The molecule has 3 N–H and O–H groups in total. The second-order valence-electron chi connectivity index (χ2n) is 9.41. The second kappa shape index (κ2) is 14.4. The van der Waals surface area contributed by atoms with Gasteiger partial charge in [0.15, 0.2) is 0 Å². The number of amides is 2. The molecule has 2 amide bonds. The van der Waals surface area contributed by atoms with E-state index in [0.717, 1.165) is 11.1 Å². The molecule has 0 heterocycles. The molecule has 0 radical (unpaired) electrons. The lowest BCUT2D eigenvalue weighted by Gasteiger charge is -2.22. The maximum atomic E-state index is 13.1. The third-order valence-corrected chi connectivity index (χ3v) is 5.73. The van der Waals surface area contributed by atoms with E-state index in [1.54, 1.807) is 24.3 Å². The number of carbonyl (C=O) groups is 3. The van der Waals surface area contributed by atoms with Gasteiger partial charge in [-0.15, -0.1) is 0 Å². The average Bonchev–Trinajstić information content (AvgIpc) is 2.91. The molecular weight excluding hydrogens is 484 g/mol. The van der Waals surface area contributed by atoms with Crippen molar-refractivity contribution in [1.82, 2.24) is 10.6 Å². The topological polar surface area (TPSA) is 114 Å². The first-order valence-corrected chi connectivity index (χ1v) is 12.6. The van der Waals surface area contributed by atoms with Crippen molar-refractivity contribution in [1.29, 1.82) is 0 Å². The van der Waals surface area contributed by atoms with Crippen LogP contribution in [0, 0.1) is 5.92 Å². The second-order valence-corrected chi connectivity index (χ2v) is 9.41. The Morgan fingerprint density at radius 1 is 0.763 bits per heavy atom. The van der Waals surface area contributed by atoms with Crippen molar-refractivity contribution in [3.8, 4) is 5.75 Å². The summed E-state index contributed by atoms with van der Waals surface area (Å²) in [4.78, 5) is 37.4. The first kappa shape index (κ1) is 28.2. The van der Waals surface area contributed by atoms with E-state index in [9.17, 15) is 19.5 Å². The number of hydrogen-bond donors (Lipinski definition) is 3. The number of alkyl carbamates (subject to hydrolysis) is 1. The Morgan fingerprint density at radius 2 is 1.37 bits per heavy atom. The van der Waals surface area contributed by atoms with Crippen LogP contribution >= 0.6 is 0 Å². The zero-order chi connectivity index (χ0) is 27.3. The van der Waals surface area contributed by atoms with E-state index in [1.807, 2.05) is 74.5 Å². The monoisotopic (exact) mass is 518 g/mol. The Kier molecular flexibility index (Phi) is 10.7. The maximum absolute atomic E-state index is 13.1. The van der Waals surface area contributed by atoms with Gasteiger partial charge in [-0.1, -0.05) is 86.6 Å². The Hall–Kier alpha value is -4.33. The van der Waals surface area contributed by atoms with Crippen LogP contribution < -0.4 is 15.4 Å². The number of ether oxygens (including phenoxy) is 2. The van der Waals surface area contributed by atoms with Crippen LogP contribution in [0.1, 0.15) is 37.0 Å². The standard InChI is InChI=1S/C30H34N2O6/c1-21(2)16-26(32-30(36)38-20-23-12-7-4-8-13-23)28(33)31-27(29(34)35)18-24-14-9-15-25(17-24)37-19-22-10-5-3-6-11-22/h3-15,17,21,26-27H,16,18-20H2,1-2H3,(H,31,33)(H,32,36)(H,34,35)/t26-,27+/m0/s1. The number of carboxylic acids is 1. The molecule has 0 aliphatic carbocycles. The van der Waals surface area contributed by atoms with Gasteiger partial charge >= 0.3 is 12.1 Å². The maximum Gasteiger partial charge on any atom is 0.408 e. The highest BCUT2D eigenvalue weighted by molar-refractivity contribution is 5.89. The molecule has 0 fully saturated rings. The van der Waals surface area contributed by atoms with Crippen molar-refractivity contribution in [2.24, 2.45) is 5.92 Å². The van der Waals surface area contributed by atoms with E-state index in [1.165, 1.54) is 0 Å². The minimum Gasteiger partial charge on any atom is -0.489 e. The van der Waals surface area contributed by atoms with Crippen LogP contribution in [0.25, 0.3) is 0 Å². The molecule has 0 saturated heterocycles. The van der Waals surface area contributed by atoms with Crippen molar-refractivity contribution in [2.45, 2.75) is 52.0 Å². The van der Waals surface area contributed by atoms with Crippen LogP contribution in [0.5, 0.6) is 5.75 Å². The molecule has 200 valence electrons. The van der Waals surface area contributed by atoms with E-state index in [2.05, 4.69) is 10.6 Å². The van der Waals surface area contributed by atoms with Crippen LogP contribution in [0.2, 0.25) is 0 Å². The summed E-state index contributed by atoms with van der Waals surface area (Å²) in [6, 6.07) is 23.9. The van der Waals surface area contributed by atoms with Gasteiger partial charge in [0.05, 0.1) is 0 Å². The molecule has 8 nitrogen and oxygen atoms in total. The predicted molar refractivity (Wildman–Crippen MR) is 143 cm³/mol. The number of carbonyl (C=O) groups excluding carboxylic acids is 2. The quantitative estimate of drug-likeness (QED) is 0.302. The molecule has 0 aromatic heterocycles. The fraction of sp³-hybridized carbons (Fsp3) is 0.300. The van der Waals surface area contributed by atoms with Crippen LogP contribution in [-0.4, -0.2) is 35.2 Å². The van der Waals surface area contributed by atoms with Crippen LogP contribution in [0.3, 0.4) is 0 Å². The molecule has 0 bridgehead atoms. The number of benzene rings is 3. The smallest absolute Gasteiger partial charge is 0.408 e. The van der Waals surface area contributed by atoms with Crippen LogP contribution in [0.15, 0.2) is 84.9 Å². The summed E-state index contributed by atoms with van der Waals surface area (Å²) < 4.78 is 11.1. The van der Waals surface area contributed by atoms with Gasteiger partial charge in [-0.25, -0.2) is 9.59 Å². The van der Waals surface area contributed by atoms with Crippen LogP contribution in [-0.2, 0) is 34.0 Å². The van der Waals surface area contributed by atoms with Crippen molar-refractivity contribution in [3.05, 3.63) is 102 Å². The molecule has 0 spiro atoms. The zero-order valence-corrected chi connectivity index (χ0v) is 21.6. The third kappa shape index (κ3) is 9.61. The molecule has 38 heavy (non-hydrogen) atoms. The zero-order valence-electron chi connectivity index (χ0n) is 21.6. The van der Waals surface area contributed by atoms with Crippen molar-refractivity contribution in [2.75, 3.05) is 0 Å². The Labute approximate surface area is 223 Å². The normalized spacial score (nSPS) is 12.3. The molecule has 3 rings (SSSR count). The summed E-state index contributed by atoms with van der Waals surface area (Å²) in [5.41, 5.74) is 2.52. The van der Waals surface area contributed by atoms with E-state index in [0.29, 0.717) is 24.3 Å². The summed E-state index contributed by atoms with van der Waals surface area (Å²) in [7, 11) is 0. The van der Waals surface area contributed by atoms with Crippen molar-refractivity contribution in [3.63, 3.8) is 0 Å². The molecule has 0 saturated carbocycles. The summed E-state index contributed by atoms with van der Waals surface area (Å²) >= 11 is 0. The van der Waals surface area contributed by atoms with Gasteiger partial charge in [0.2, 0.25) is 5.91 Å². The van der Waals surface area contributed by atoms with E-state index in [-0.39, 0.29) is 18.9 Å². The fourth-order valence-electron chi connectivity index (χ4n) is 3.82. The lowest BCUT2D eigenvalue weighted by molar-refractivity contribution is -0.142. The minimum atomic E-state index is -1.19. The van der Waals surface area contributed by atoms with Gasteiger partial charge in [0.1, 0.15) is 31.0 Å². The largest absolute Gasteiger partial charge is 0.489 e. The van der Waals surface area contributed by atoms with E-state index < -0.39 is 30.1 Å². The highest BCUT2D eigenvalue weighted by Gasteiger charge is 2.28. The highest BCUT2D eigenvalue weighted by atomic mass is 16.5. The molecule has 3 aromatic rings. The van der Waals surface area contributed by atoms with Gasteiger partial charge in [0.25, 0.3) is 0 Å². The molecule has 8 heteroatoms. The lowest BCUT2D eigenvalue weighted by atomic mass is 10.0. The first-order chi connectivity index (χ1) is 18.3. The van der Waals surface area contributed by atoms with Gasteiger partial charge in [0, 0.05) is 6.42 Å². The summed E-state index contributed by atoms with van der Waals surface area (Å²) in [5, 5.41) is 15.0. The number of aliphatic carboxylic acids is 1.